The van der Waals surface area contributed by atoms with Crippen molar-refractivity contribution in [1.82, 2.24) is 10.6 Å². The average molecular weight is 292 g/mol. The lowest BCUT2D eigenvalue weighted by atomic mass is 10.1. The van der Waals surface area contributed by atoms with E-state index < -0.39 is 24.0 Å². The Balaban J connectivity index is 1.74. The average Bonchev–Trinajstić information content (AvgIpc) is 2.94. The Kier molecular flexibility index (Phi) is 5.30. The number of aliphatic hydroxyl groups is 1. The van der Waals surface area contributed by atoms with Gasteiger partial charge in [0.05, 0.1) is 0 Å². The summed E-state index contributed by atoms with van der Waals surface area (Å²) in [7, 11) is 0. The third kappa shape index (κ3) is 4.54. The minimum absolute atomic E-state index is 0.245. The van der Waals surface area contributed by atoms with Gasteiger partial charge in [0.2, 0.25) is 5.91 Å². The molecule has 1 aliphatic rings. The fourth-order valence-corrected chi connectivity index (χ4v) is 2.41. The van der Waals surface area contributed by atoms with E-state index >= 15 is 0 Å². The van der Waals surface area contributed by atoms with E-state index in [4.69, 9.17) is 5.11 Å². The molecule has 0 bridgehead atoms. The second kappa shape index (κ2) is 7.19. The number of rotatable bonds is 6. The van der Waals surface area contributed by atoms with Gasteiger partial charge in [-0.3, -0.25) is 9.59 Å². The van der Waals surface area contributed by atoms with E-state index in [1.165, 1.54) is 0 Å². The molecule has 6 nitrogen and oxygen atoms in total. The highest BCUT2D eigenvalue weighted by Crippen LogP contribution is 2.09. The highest BCUT2D eigenvalue weighted by Gasteiger charge is 2.31. The molecule has 1 aromatic carbocycles. The zero-order valence-electron chi connectivity index (χ0n) is 11.7. The van der Waals surface area contributed by atoms with Gasteiger partial charge in [-0.1, -0.05) is 30.3 Å². The van der Waals surface area contributed by atoms with Crippen molar-refractivity contribution in [2.75, 3.05) is 6.54 Å². The number of carbonyl (C=O) groups is 2. The summed E-state index contributed by atoms with van der Waals surface area (Å²) in [5.74, 6) is -1.36. The molecule has 1 aliphatic heterocycles. The smallest absolute Gasteiger partial charge is 0.320 e. The molecule has 2 rings (SSSR count). The minimum atomic E-state index is -1.07. The van der Waals surface area contributed by atoms with Crippen LogP contribution in [0.1, 0.15) is 18.4 Å². The molecule has 0 saturated carbocycles. The van der Waals surface area contributed by atoms with E-state index in [0.717, 1.165) is 5.56 Å². The number of aliphatic hydroxyl groups excluding tert-OH is 1. The molecule has 21 heavy (non-hydrogen) atoms. The molecule has 1 heterocycles. The number of nitrogens with one attached hydrogen (secondary N) is 2. The maximum Gasteiger partial charge on any atom is 0.320 e. The molecule has 1 unspecified atom stereocenters. The first kappa shape index (κ1) is 15.5. The largest absolute Gasteiger partial charge is 0.480 e. The van der Waals surface area contributed by atoms with Crippen molar-refractivity contribution < 1.29 is 19.8 Å². The molecule has 0 spiro atoms. The molecular weight excluding hydrogens is 272 g/mol. The Hall–Kier alpha value is -1.92. The number of hydrogen-bond acceptors (Lipinski definition) is 4. The number of amides is 1. The fourth-order valence-electron chi connectivity index (χ4n) is 2.41. The van der Waals surface area contributed by atoms with Crippen LogP contribution in [0.2, 0.25) is 0 Å². The van der Waals surface area contributed by atoms with Crippen LogP contribution in [0.3, 0.4) is 0 Å². The Labute approximate surface area is 123 Å². The fraction of sp³-hybridized carbons (Fsp3) is 0.467. The van der Waals surface area contributed by atoms with E-state index in [-0.39, 0.29) is 6.04 Å². The number of hydrogen-bond donors (Lipinski definition) is 4. The van der Waals surface area contributed by atoms with Crippen LogP contribution < -0.4 is 10.6 Å². The van der Waals surface area contributed by atoms with Crippen molar-refractivity contribution in [2.24, 2.45) is 0 Å². The summed E-state index contributed by atoms with van der Waals surface area (Å²) in [5.41, 5.74) is 1.07. The zero-order chi connectivity index (χ0) is 15.2. The second-order valence-corrected chi connectivity index (χ2v) is 5.28. The van der Waals surface area contributed by atoms with Gasteiger partial charge in [0, 0.05) is 12.6 Å². The number of carboxylic acid groups (broad SMARTS) is 1. The number of carbonyl (C=O) groups excluding carboxylic acids is 1. The number of aryl methyl sites for hydroxylation is 1. The standard InChI is InChI=1S/C15H20N2O4/c18-13(7-6-10-4-2-1-3-5-10)14(19)17-11-8-12(15(20)21)16-9-11/h1-5,11-13,16,18H,6-9H2,(H,17,19)(H,20,21)/t11?,12-,13+/m0/s1. The number of aliphatic carboxylic acids is 1. The van der Waals surface area contributed by atoms with Crippen LogP contribution in [-0.2, 0) is 16.0 Å². The van der Waals surface area contributed by atoms with Gasteiger partial charge in [0.1, 0.15) is 12.1 Å². The van der Waals surface area contributed by atoms with Crippen molar-refractivity contribution >= 4 is 11.9 Å². The molecule has 4 N–H and O–H groups in total. The predicted molar refractivity (Wildman–Crippen MR) is 76.7 cm³/mol. The normalized spacial score (nSPS) is 22.7. The monoisotopic (exact) mass is 292 g/mol. The van der Waals surface area contributed by atoms with Crippen LogP contribution in [0, 0.1) is 0 Å². The highest BCUT2D eigenvalue weighted by molar-refractivity contribution is 5.81. The molecule has 0 aromatic heterocycles. The van der Waals surface area contributed by atoms with E-state index in [2.05, 4.69) is 10.6 Å². The first-order chi connectivity index (χ1) is 10.1. The molecule has 114 valence electrons. The maximum absolute atomic E-state index is 11.9. The summed E-state index contributed by atoms with van der Waals surface area (Å²) >= 11 is 0. The molecule has 3 atom stereocenters. The van der Waals surface area contributed by atoms with Crippen molar-refractivity contribution in [3.8, 4) is 0 Å². The van der Waals surface area contributed by atoms with Crippen molar-refractivity contribution in [3.63, 3.8) is 0 Å². The van der Waals surface area contributed by atoms with E-state index in [1.807, 2.05) is 30.3 Å². The Morgan fingerprint density at radius 2 is 2.05 bits per heavy atom. The molecule has 6 heteroatoms. The molecule has 1 aromatic rings. The van der Waals surface area contributed by atoms with E-state index in [0.29, 0.717) is 25.8 Å². The SMILES string of the molecule is O=C(NC1CN[C@H](C(=O)O)C1)[C@H](O)CCc1ccccc1. The lowest BCUT2D eigenvalue weighted by Crippen LogP contribution is -2.42. The molecule has 1 fully saturated rings. The van der Waals surface area contributed by atoms with Crippen molar-refractivity contribution in [3.05, 3.63) is 35.9 Å². The van der Waals surface area contributed by atoms with Crippen LogP contribution >= 0.6 is 0 Å². The number of carboxylic acids is 1. The van der Waals surface area contributed by atoms with Gasteiger partial charge >= 0.3 is 5.97 Å². The lowest BCUT2D eigenvalue weighted by molar-refractivity contribution is -0.139. The Bertz CT molecular complexity index is 492. The second-order valence-electron chi connectivity index (χ2n) is 5.28. The van der Waals surface area contributed by atoms with Crippen molar-refractivity contribution in [1.29, 1.82) is 0 Å². The van der Waals surface area contributed by atoms with Gasteiger partial charge in [-0.25, -0.2) is 0 Å². The summed E-state index contributed by atoms with van der Waals surface area (Å²) in [5, 5.41) is 24.2. The molecule has 0 radical (unpaired) electrons. The van der Waals surface area contributed by atoms with Gasteiger partial charge in [-0.15, -0.1) is 0 Å². The van der Waals surface area contributed by atoms with Crippen LogP contribution in [-0.4, -0.2) is 46.8 Å². The highest BCUT2D eigenvalue weighted by atomic mass is 16.4. The molecule has 1 saturated heterocycles. The zero-order valence-corrected chi connectivity index (χ0v) is 11.7. The molecular formula is C15H20N2O4. The number of benzene rings is 1. The molecule has 1 amide bonds. The van der Waals surface area contributed by atoms with Gasteiger partial charge in [-0.2, -0.15) is 0 Å². The van der Waals surface area contributed by atoms with Crippen LogP contribution in [0.15, 0.2) is 30.3 Å². The maximum atomic E-state index is 11.9. The summed E-state index contributed by atoms with van der Waals surface area (Å²) < 4.78 is 0. The molecule has 0 aliphatic carbocycles. The van der Waals surface area contributed by atoms with Gasteiger partial charge in [0.25, 0.3) is 0 Å². The third-order valence-corrected chi connectivity index (χ3v) is 3.63. The van der Waals surface area contributed by atoms with Crippen LogP contribution in [0.25, 0.3) is 0 Å². The topological polar surface area (TPSA) is 98.7 Å². The first-order valence-electron chi connectivity index (χ1n) is 7.05. The summed E-state index contributed by atoms with van der Waals surface area (Å²) in [6.07, 6.45) is 0.232. The lowest BCUT2D eigenvalue weighted by Gasteiger charge is -2.15. The Morgan fingerprint density at radius 1 is 1.33 bits per heavy atom. The van der Waals surface area contributed by atoms with Gasteiger partial charge in [-0.05, 0) is 24.8 Å². The minimum Gasteiger partial charge on any atom is -0.480 e. The van der Waals surface area contributed by atoms with Gasteiger partial charge in [0.15, 0.2) is 0 Å². The first-order valence-corrected chi connectivity index (χ1v) is 7.05. The Morgan fingerprint density at radius 3 is 2.67 bits per heavy atom. The summed E-state index contributed by atoms with van der Waals surface area (Å²) in [6.45, 7) is 0.411. The van der Waals surface area contributed by atoms with Crippen LogP contribution in [0.4, 0.5) is 0 Å². The summed E-state index contributed by atoms with van der Waals surface area (Å²) in [6, 6.07) is 8.77. The predicted octanol–water partition coefficient (Wildman–Crippen LogP) is -0.0886. The van der Waals surface area contributed by atoms with Crippen LogP contribution in [0.5, 0.6) is 0 Å². The van der Waals surface area contributed by atoms with E-state index in [1.54, 1.807) is 0 Å². The van der Waals surface area contributed by atoms with Gasteiger partial charge < -0.3 is 20.8 Å². The summed E-state index contributed by atoms with van der Waals surface area (Å²) in [4.78, 5) is 22.7. The third-order valence-electron chi connectivity index (χ3n) is 3.63. The van der Waals surface area contributed by atoms with Crippen molar-refractivity contribution in [2.45, 2.75) is 37.5 Å². The quantitative estimate of drug-likeness (QED) is 0.587. The van der Waals surface area contributed by atoms with E-state index in [9.17, 15) is 14.7 Å².